The maximum absolute atomic E-state index is 13.8. The number of hydrogen-bond acceptors (Lipinski definition) is 5. The number of fused-ring (bicyclic) bond motifs is 1. The number of ether oxygens (including phenoxy) is 1. The van der Waals surface area contributed by atoms with E-state index in [0.29, 0.717) is 13.1 Å². The van der Waals surface area contributed by atoms with Gasteiger partial charge in [0.05, 0.1) is 12.8 Å². The number of carbonyl (C=O) groups is 2. The van der Waals surface area contributed by atoms with Crippen LogP contribution in [-0.4, -0.2) is 58.5 Å². The zero-order chi connectivity index (χ0) is 20.8. The van der Waals surface area contributed by atoms with Crippen LogP contribution < -0.4 is 5.32 Å². The van der Waals surface area contributed by atoms with E-state index in [-0.39, 0.29) is 42.2 Å². The predicted octanol–water partition coefficient (Wildman–Crippen LogP) is 3.00. The molecule has 1 N–H and O–H groups in total. The van der Waals surface area contributed by atoms with Gasteiger partial charge in [0.25, 0.3) is 0 Å². The van der Waals surface area contributed by atoms with Crippen LogP contribution in [0.5, 0.6) is 0 Å². The fourth-order valence-corrected chi connectivity index (χ4v) is 4.39. The van der Waals surface area contributed by atoms with Gasteiger partial charge >= 0.3 is 12.1 Å². The van der Waals surface area contributed by atoms with Crippen molar-refractivity contribution in [2.24, 2.45) is 11.8 Å². The van der Waals surface area contributed by atoms with Crippen LogP contribution in [0, 0.1) is 11.8 Å². The highest BCUT2D eigenvalue weighted by atomic mass is 19.4. The average Bonchev–Trinajstić information content (AvgIpc) is 3.45. The summed E-state index contributed by atoms with van der Waals surface area (Å²) in [5.74, 6) is -0.553. The molecule has 29 heavy (non-hydrogen) atoms. The summed E-state index contributed by atoms with van der Waals surface area (Å²) >= 11 is 0. The van der Waals surface area contributed by atoms with E-state index in [4.69, 9.17) is 4.74 Å². The molecule has 3 atom stereocenters. The lowest BCUT2D eigenvalue weighted by molar-refractivity contribution is -0.175. The zero-order valence-electron chi connectivity index (χ0n) is 16.2. The van der Waals surface area contributed by atoms with Gasteiger partial charge in [-0.2, -0.15) is 18.3 Å². The number of likely N-dealkylation sites (tertiary alicyclic amines) is 1. The van der Waals surface area contributed by atoms with Crippen LogP contribution in [0.4, 0.5) is 19.0 Å². The summed E-state index contributed by atoms with van der Waals surface area (Å²) in [7, 11) is 0. The highest BCUT2D eigenvalue weighted by Crippen LogP contribution is 2.43. The molecule has 1 aromatic heterocycles. The van der Waals surface area contributed by atoms with Gasteiger partial charge in [0.15, 0.2) is 6.04 Å². The van der Waals surface area contributed by atoms with Crippen molar-refractivity contribution in [1.82, 2.24) is 14.7 Å². The first-order valence-electron chi connectivity index (χ1n) is 10.2. The molecule has 0 bridgehead atoms. The third-order valence-corrected chi connectivity index (χ3v) is 6.03. The summed E-state index contributed by atoms with van der Waals surface area (Å²) in [6.07, 6.45) is -0.242. The largest absolute Gasteiger partial charge is 0.462 e. The lowest BCUT2D eigenvalue weighted by atomic mass is 9.85. The van der Waals surface area contributed by atoms with E-state index in [9.17, 15) is 22.8 Å². The van der Waals surface area contributed by atoms with Crippen LogP contribution in [0.15, 0.2) is 6.20 Å². The zero-order valence-corrected chi connectivity index (χ0v) is 16.2. The fourth-order valence-electron chi connectivity index (χ4n) is 4.39. The molecule has 0 aromatic carbocycles. The highest BCUT2D eigenvalue weighted by molar-refractivity contribution is 5.94. The quantitative estimate of drug-likeness (QED) is 0.767. The minimum atomic E-state index is -4.49. The summed E-state index contributed by atoms with van der Waals surface area (Å²) in [6.45, 7) is 2.86. The molecule has 1 saturated carbocycles. The number of piperidine rings is 1. The van der Waals surface area contributed by atoms with Crippen molar-refractivity contribution >= 4 is 17.7 Å². The number of alkyl halides is 3. The monoisotopic (exact) mass is 414 g/mol. The summed E-state index contributed by atoms with van der Waals surface area (Å²) in [4.78, 5) is 26.4. The maximum Gasteiger partial charge on any atom is 0.410 e. The molecular weight excluding hydrogens is 389 g/mol. The number of aromatic nitrogens is 2. The molecule has 4 rings (SSSR count). The second-order valence-corrected chi connectivity index (χ2v) is 8.08. The van der Waals surface area contributed by atoms with Gasteiger partial charge in [-0.3, -0.25) is 4.79 Å². The van der Waals surface area contributed by atoms with E-state index in [0.717, 1.165) is 36.6 Å². The van der Waals surface area contributed by atoms with Gasteiger partial charge in [-0.1, -0.05) is 0 Å². The number of esters is 1. The Morgan fingerprint density at radius 2 is 2.07 bits per heavy atom. The molecule has 0 radical (unpaired) electrons. The molecule has 1 aromatic rings. The molecule has 7 nitrogen and oxygen atoms in total. The number of carbonyl (C=O) groups excluding carboxylic acids is 2. The summed E-state index contributed by atoms with van der Waals surface area (Å²) < 4.78 is 47.1. The van der Waals surface area contributed by atoms with Crippen molar-refractivity contribution in [3.63, 3.8) is 0 Å². The normalized spacial score (nSPS) is 27.2. The third kappa shape index (κ3) is 3.93. The topological polar surface area (TPSA) is 76.5 Å². The Bertz CT molecular complexity index is 790. The SMILES string of the molecule is CCOC(=O)c1cnn2c1N[C@H]([C@@H]1CCCN(C(=O)C3CC3)C1)C[C@@H]2C(F)(F)F. The van der Waals surface area contributed by atoms with E-state index >= 15 is 0 Å². The molecule has 3 aliphatic rings. The van der Waals surface area contributed by atoms with Crippen LogP contribution in [-0.2, 0) is 9.53 Å². The molecule has 0 spiro atoms. The maximum atomic E-state index is 13.8. The van der Waals surface area contributed by atoms with E-state index in [1.54, 1.807) is 11.8 Å². The second-order valence-electron chi connectivity index (χ2n) is 8.08. The van der Waals surface area contributed by atoms with Gasteiger partial charge in [0.1, 0.15) is 11.4 Å². The Balaban J connectivity index is 1.58. The number of hydrogen-bond donors (Lipinski definition) is 1. The van der Waals surface area contributed by atoms with Crippen molar-refractivity contribution in [3.05, 3.63) is 11.8 Å². The van der Waals surface area contributed by atoms with Crippen LogP contribution in [0.2, 0.25) is 0 Å². The second kappa shape index (κ2) is 7.53. The minimum absolute atomic E-state index is 0.00697. The molecule has 2 fully saturated rings. The number of anilines is 1. The Kier molecular flexibility index (Phi) is 5.20. The molecular formula is C19H25F3N4O3. The molecule has 2 aliphatic heterocycles. The molecule has 1 saturated heterocycles. The molecule has 1 aliphatic carbocycles. The number of nitrogens with one attached hydrogen (secondary N) is 1. The lowest BCUT2D eigenvalue weighted by Crippen LogP contribution is -2.49. The van der Waals surface area contributed by atoms with Crippen molar-refractivity contribution in [2.75, 3.05) is 25.0 Å². The number of nitrogens with zero attached hydrogens (tertiary/aromatic N) is 3. The standard InChI is InChI=1S/C19H25F3N4O3/c1-2-29-18(28)13-9-23-26-15(19(20,21)22)8-14(24-16(13)26)12-4-3-7-25(10-12)17(27)11-5-6-11/h9,11-12,14-15,24H,2-8,10H2,1H3/t12-,14+,15-/m1/s1. The van der Waals surface area contributed by atoms with E-state index in [2.05, 4.69) is 10.4 Å². The Hall–Kier alpha value is -2.26. The Morgan fingerprint density at radius 1 is 1.31 bits per heavy atom. The van der Waals surface area contributed by atoms with Crippen LogP contribution in [0.25, 0.3) is 0 Å². The first-order valence-corrected chi connectivity index (χ1v) is 10.2. The molecule has 1 amide bonds. The van der Waals surface area contributed by atoms with Crippen LogP contribution in [0.3, 0.4) is 0 Å². The van der Waals surface area contributed by atoms with Crippen molar-refractivity contribution in [3.8, 4) is 0 Å². The number of halogens is 3. The van der Waals surface area contributed by atoms with E-state index in [1.807, 2.05) is 0 Å². The van der Waals surface area contributed by atoms with Crippen LogP contribution in [0.1, 0.15) is 55.4 Å². The smallest absolute Gasteiger partial charge is 0.410 e. The average molecular weight is 414 g/mol. The predicted molar refractivity (Wildman–Crippen MR) is 97.3 cm³/mol. The van der Waals surface area contributed by atoms with Gasteiger partial charge in [-0.25, -0.2) is 9.48 Å². The first kappa shape index (κ1) is 20.0. The Morgan fingerprint density at radius 3 is 2.72 bits per heavy atom. The number of rotatable bonds is 4. The van der Waals surface area contributed by atoms with Crippen molar-refractivity contribution in [2.45, 2.75) is 57.3 Å². The minimum Gasteiger partial charge on any atom is -0.462 e. The molecule has 160 valence electrons. The molecule has 3 heterocycles. The summed E-state index contributed by atoms with van der Waals surface area (Å²) in [5.41, 5.74) is 0.00697. The Labute approximate surface area is 166 Å². The van der Waals surface area contributed by atoms with Gasteiger partial charge < -0.3 is 15.0 Å². The van der Waals surface area contributed by atoms with Gasteiger partial charge in [-0.05, 0) is 44.9 Å². The summed E-state index contributed by atoms with van der Waals surface area (Å²) in [5, 5.41) is 6.95. The highest BCUT2D eigenvalue weighted by Gasteiger charge is 2.49. The van der Waals surface area contributed by atoms with Gasteiger partial charge in [0.2, 0.25) is 5.91 Å². The lowest BCUT2D eigenvalue weighted by Gasteiger charge is -2.41. The van der Waals surface area contributed by atoms with Crippen LogP contribution >= 0.6 is 0 Å². The fraction of sp³-hybridized carbons (Fsp3) is 0.737. The first-order chi connectivity index (χ1) is 13.8. The van der Waals surface area contributed by atoms with Crippen molar-refractivity contribution < 1.29 is 27.5 Å². The van der Waals surface area contributed by atoms with Gasteiger partial charge in [0, 0.05) is 25.0 Å². The molecule has 0 unspecified atom stereocenters. The summed E-state index contributed by atoms with van der Waals surface area (Å²) in [6, 6.07) is -2.32. The van der Waals surface area contributed by atoms with Crippen molar-refractivity contribution in [1.29, 1.82) is 0 Å². The number of amides is 1. The van der Waals surface area contributed by atoms with E-state index < -0.39 is 24.2 Å². The van der Waals surface area contributed by atoms with Gasteiger partial charge in [-0.15, -0.1) is 0 Å². The molecule has 10 heteroatoms. The van der Waals surface area contributed by atoms with E-state index in [1.165, 1.54) is 0 Å². The third-order valence-electron chi connectivity index (χ3n) is 6.03.